The van der Waals surface area contributed by atoms with E-state index in [9.17, 15) is 0 Å². The van der Waals surface area contributed by atoms with Crippen LogP contribution >= 0.6 is 31.9 Å². The Morgan fingerprint density at radius 1 is 0.556 bits per heavy atom. The first kappa shape index (κ1) is 33.8. The van der Waals surface area contributed by atoms with Gasteiger partial charge in [-0.2, -0.15) is 0 Å². The fourth-order valence-corrected chi connectivity index (χ4v) is 7.61. The lowest BCUT2D eigenvalue weighted by atomic mass is 9.67. The van der Waals surface area contributed by atoms with Crippen LogP contribution in [0, 0.1) is 11.8 Å². The van der Waals surface area contributed by atoms with Crippen molar-refractivity contribution in [2.24, 2.45) is 11.8 Å². The molecule has 2 nitrogen and oxygen atoms in total. The van der Waals surface area contributed by atoms with Gasteiger partial charge in [0.2, 0.25) is 0 Å². The van der Waals surface area contributed by atoms with Gasteiger partial charge in [0.05, 0.1) is 18.6 Å². The summed E-state index contributed by atoms with van der Waals surface area (Å²) in [6.07, 6.45) is 9.73. The molecule has 5 rings (SSSR count). The minimum atomic E-state index is -0.491. The number of hydrogen-bond acceptors (Lipinski definition) is 2. The Morgan fingerprint density at radius 3 is 1.31 bits per heavy atom. The molecule has 0 spiro atoms. The largest absolute Gasteiger partial charge is 0.493 e. The molecule has 0 saturated carbocycles. The Balaban J connectivity index is 1.55. The van der Waals surface area contributed by atoms with Crippen LogP contribution < -0.4 is 9.47 Å². The molecule has 4 aromatic rings. The van der Waals surface area contributed by atoms with Gasteiger partial charge in [-0.05, 0) is 107 Å². The van der Waals surface area contributed by atoms with E-state index in [0.29, 0.717) is 11.8 Å². The molecule has 4 aromatic carbocycles. The van der Waals surface area contributed by atoms with Gasteiger partial charge in [-0.25, -0.2) is 0 Å². The average Bonchev–Trinajstić information content (AvgIpc) is 3.34. The van der Waals surface area contributed by atoms with Crippen LogP contribution in [-0.4, -0.2) is 13.2 Å². The van der Waals surface area contributed by atoms with Gasteiger partial charge in [0.15, 0.2) is 0 Å². The summed E-state index contributed by atoms with van der Waals surface area (Å²) >= 11 is 7.62. The predicted octanol–water partition coefficient (Wildman–Crippen LogP) is 12.8. The van der Waals surface area contributed by atoms with E-state index in [0.717, 1.165) is 46.5 Å². The molecule has 0 aromatic heterocycles. The molecule has 0 N–H and O–H groups in total. The highest BCUT2D eigenvalue weighted by molar-refractivity contribution is 9.10. The lowest BCUT2D eigenvalue weighted by Gasteiger charge is -2.34. The molecule has 0 saturated heterocycles. The van der Waals surface area contributed by atoms with Crippen molar-refractivity contribution in [3.63, 3.8) is 0 Å². The maximum absolute atomic E-state index is 6.35. The first-order valence-electron chi connectivity index (χ1n) is 17.0. The zero-order valence-electron chi connectivity index (χ0n) is 27.4. The molecule has 0 heterocycles. The SMILES string of the molecule is CCCCC(CC)COc1ccc(C2(c3ccc(OCC(CC)CCCC)cc3)c3cc(Br)ccc3-c3ccc(Br)cc32)cc1. The third-order valence-corrected chi connectivity index (χ3v) is 10.7. The quantitative estimate of drug-likeness (QED) is 0.101. The van der Waals surface area contributed by atoms with Crippen LogP contribution in [0.3, 0.4) is 0 Å². The number of unbranched alkanes of at least 4 members (excludes halogenated alkanes) is 2. The molecule has 0 aliphatic heterocycles. The molecular formula is C41H48Br2O2. The second-order valence-electron chi connectivity index (χ2n) is 12.6. The van der Waals surface area contributed by atoms with E-state index in [2.05, 4.69) is 144 Å². The molecule has 0 amide bonds. The monoisotopic (exact) mass is 730 g/mol. The Bertz CT molecular complexity index is 1410. The van der Waals surface area contributed by atoms with Gasteiger partial charge in [-0.1, -0.05) is 134 Å². The van der Waals surface area contributed by atoms with E-state index < -0.39 is 5.41 Å². The second kappa shape index (κ2) is 15.8. The first-order chi connectivity index (χ1) is 21.9. The Labute approximate surface area is 288 Å². The molecule has 1 aliphatic rings. The Kier molecular flexibility index (Phi) is 11.9. The fourth-order valence-electron chi connectivity index (χ4n) is 6.88. The van der Waals surface area contributed by atoms with Gasteiger partial charge in [0.1, 0.15) is 11.5 Å². The smallest absolute Gasteiger partial charge is 0.119 e. The number of hydrogen-bond donors (Lipinski definition) is 0. The van der Waals surface area contributed by atoms with Gasteiger partial charge in [-0.15, -0.1) is 0 Å². The summed E-state index contributed by atoms with van der Waals surface area (Å²) in [7, 11) is 0. The van der Waals surface area contributed by atoms with Gasteiger partial charge in [-0.3, -0.25) is 0 Å². The zero-order valence-corrected chi connectivity index (χ0v) is 30.6. The molecule has 4 heteroatoms. The lowest BCUT2D eigenvalue weighted by Crippen LogP contribution is -2.28. The lowest BCUT2D eigenvalue weighted by molar-refractivity contribution is 0.233. The normalized spacial score (nSPS) is 14.4. The molecule has 2 unspecified atom stereocenters. The van der Waals surface area contributed by atoms with E-state index in [1.807, 2.05) is 0 Å². The highest BCUT2D eigenvalue weighted by Gasteiger charge is 2.46. The first-order valence-corrected chi connectivity index (χ1v) is 18.6. The fraction of sp³-hybridized carbons (Fsp3) is 0.415. The molecular weight excluding hydrogens is 684 g/mol. The van der Waals surface area contributed by atoms with Gasteiger partial charge in [0, 0.05) is 8.95 Å². The van der Waals surface area contributed by atoms with Crippen molar-refractivity contribution in [1.29, 1.82) is 0 Å². The molecule has 2 atom stereocenters. The summed E-state index contributed by atoms with van der Waals surface area (Å²) in [5, 5.41) is 0. The zero-order chi connectivity index (χ0) is 31.8. The van der Waals surface area contributed by atoms with Crippen LogP contribution in [0.5, 0.6) is 11.5 Å². The number of ether oxygens (including phenoxy) is 2. The Morgan fingerprint density at radius 2 is 0.956 bits per heavy atom. The van der Waals surface area contributed by atoms with Crippen molar-refractivity contribution in [2.75, 3.05) is 13.2 Å². The third kappa shape index (κ3) is 7.38. The highest BCUT2D eigenvalue weighted by atomic mass is 79.9. The van der Waals surface area contributed by atoms with Gasteiger partial charge >= 0.3 is 0 Å². The van der Waals surface area contributed by atoms with Crippen LogP contribution in [0.1, 0.15) is 101 Å². The average molecular weight is 733 g/mol. The second-order valence-corrected chi connectivity index (χ2v) is 14.5. The number of benzene rings is 4. The molecule has 238 valence electrons. The minimum Gasteiger partial charge on any atom is -0.493 e. The van der Waals surface area contributed by atoms with Crippen LogP contribution in [0.2, 0.25) is 0 Å². The van der Waals surface area contributed by atoms with Crippen LogP contribution in [0.25, 0.3) is 11.1 Å². The maximum atomic E-state index is 6.35. The predicted molar refractivity (Wildman–Crippen MR) is 197 cm³/mol. The minimum absolute atomic E-state index is 0.491. The summed E-state index contributed by atoms with van der Waals surface area (Å²) in [6.45, 7) is 10.6. The third-order valence-electron chi connectivity index (χ3n) is 9.69. The maximum Gasteiger partial charge on any atom is 0.119 e. The highest BCUT2D eigenvalue weighted by Crippen LogP contribution is 2.57. The standard InChI is InChI=1S/C41H48Br2O2/c1-5-9-11-29(7-3)27-44-35-19-13-31(14-20-35)41(32-15-21-36(22-16-32)45-28-30(8-4)12-10-6-2)39-25-33(42)17-23-37(39)38-24-18-34(43)26-40(38)41/h13-26,29-30H,5-12,27-28H2,1-4H3. The summed E-state index contributed by atoms with van der Waals surface area (Å²) in [5.41, 5.74) is 7.06. The van der Waals surface area contributed by atoms with E-state index >= 15 is 0 Å². The van der Waals surface area contributed by atoms with Crippen molar-refractivity contribution in [2.45, 2.75) is 84.5 Å². The number of halogens is 2. The van der Waals surface area contributed by atoms with Crippen molar-refractivity contribution < 1.29 is 9.47 Å². The van der Waals surface area contributed by atoms with E-state index in [1.165, 1.54) is 71.9 Å². The Hall–Kier alpha value is -2.56. The summed E-state index contributed by atoms with van der Waals surface area (Å²) in [5.74, 6) is 3.06. The van der Waals surface area contributed by atoms with E-state index in [-0.39, 0.29) is 0 Å². The van der Waals surface area contributed by atoms with Crippen molar-refractivity contribution in [3.05, 3.63) is 116 Å². The van der Waals surface area contributed by atoms with Crippen molar-refractivity contribution >= 4 is 31.9 Å². The van der Waals surface area contributed by atoms with Gasteiger partial charge in [0.25, 0.3) is 0 Å². The number of rotatable bonds is 16. The van der Waals surface area contributed by atoms with Crippen molar-refractivity contribution in [3.8, 4) is 22.6 Å². The molecule has 45 heavy (non-hydrogen) atoms. The van der Waals surface area contributed by atoms with Crippen molar-refractivity contribution in [1.82, 2.24) is 0 Å². The van der Waals surface area contributed by atoms with E-state index in [1.54, 1.807) is 0 Å². The molecule has 0 bridgehead atoms. The molecule has 0 fully saturated rings. The summed E-state index contributed by atoms with van der Waals surface area (Å²) in [6, 6.07) is 31.2. The number of fused-ring (bicyclic) bond motifs is 3. The molecule has 1 aliphatic carbocycles. The summed E-state index contributed by atoms with van der Waals surface area (Å²) < 4.78 is 14.9. The molecule has 0 radical (unpaired) electrons. The van der Waals surface area contributed by atoms with E-state index in [4.69, 9.17) is 9.47 Å². The van der Waals surface area contributed by atoms with Crippen LogP contribution in [0.15, 0.2) is 93.9 Å². The van der Waals surface area contributed by atoms with Crippen LogP contribution in [-0.2, 0) is 5.41 Å². The summed E-state index contributed by atoms with van der Waals surface area (Å²) in [4.78, 5) is 0. The van der Waals surface area contributed by atoms with Gasteiger partial charge < -0.3 is 9.47 Å². The topological polar surface area (TPSA) is 18.5 Å². The van der Waals surface area contributed by atoms with Crippen LogP contribution in [0.4, 0.5) is 0 Å².